The second kappa shape index (κ2) is 6.23. The maximum atomic E-state index is 11.9. The molecule has 112 valence electrons. The van der Waals surface area contributed by atoms with Crippen molar-refractivity contribution in [1.29, 1.82) is 0 Å². The first-order valence-electron chi connectivity index (χ1n) is 6.90. The molecule has 0 spiro atoms. The van der Waals surface area contributed by atoms with Gasteiger partial charge in [-0.1, -0.05) is 0 Å². The molecule has 1 aliphatic heterocycles. The topological polar surface area (TPSA) is 70.7 Å². The lowest BCUT2D eigenvalue weighted by atomic mass is 10.3. The van der Waals surface area contributed by atoms with Gasteiger partial charge in [-0.25, -0.2) is 4.79 Å². The van der Waals surface area contributed by atoms with Gasteiger partial charge in [0.2, 0.25) is 0 Å². The molecule has 0 aromatic carbocycles. The maximum Gasteiger partial charge on any atom is 0.332 e. The van der Waals surface area contributed by atoms with Crippen molar-refractivity contribution in [2.45, 2.75) is 6.42 Å². The quantitative estimate of drug-likeness (QED) is 0.734. The molecule has 2 heterocycles. The Kier molecular flexibility index (Phi) is 4.61. The van der Waals surface area contributed by atoms with Crippen LogP contribution in [0, 0.1) is 0 Å². The van der Waals surface area contributed by atoms with Gasteiger partial charge >= 0.3 is 5.69 Å². The number of hydrogen-bond acceptors (Lipinski definition) is 5. The molecule has 1 fully saturated rings. The van der Waals surface area contributed by atoms with Gasteiger partial charge in [0.1, 0.15) is 5.82 Å². The lowest BCUT2D eigenvalue weighted by Gasteiger charge is -2.36. The summed E-state index contributed by atoms with van der Waals surface area (Å²) in [6.07, 6.45) is 0.782. The van der Waals surface area contributed by atoms with Crippen LogP contribution < -0.4 is 16.1 Å². The lowest BCUT2D eigenvalue weighted by Crippen LogP contribution is -2.49. The number of rotatable bonds is 4. The zero-order valence-electron chi connectivity index (χ0n) is 12.1. The minimum atomic E-state index is -0.296. The molecule has 0 unspecified atom stereocenters. The van der Waals surface area contributed by atoms with E-state index >= 15 is 0 Å². The highest BCUT2D eigenvalue weighted by Crippen LogP contribution is 2.12. The van der Waals surface area contributed by atoms with E-state index in [-0.39, 0.29) is 17.9 Å². The van der Waals surface area contributed by atoms with Gasteiger partial charge in [-0.3, -0.25) is 18.8 Å². The standard InChI is InChI=1S/C13H22N4O3/c1-14-11(10-12(19)15(2)13(14)20)17-7-5-16(6-8-17)4-3-9-18/h10,18H,3-9H2,1-2H3. The average molecular weight is 282 g/mol. The second-order valence-electron chi connectivity index (χ2n) is 5.15. The highest BCUT2D eigenvalue weighted by Gasteiger charge is 2.19. The van der Waals surface area contributed by atoms with Gasteiger partial charge in [0.25, 0.3) is 5.56 Å². The largest absolute Gasteiger partial charge is 0.396 e. The van der Waals surface area contributed by atoms with Crippen molar-refractivity contribution in [1.82, 2.24) is 14.0 Å². The van der Waals surface area contributed by atoms with E-state index in [4.69, 9.17) is 5.11 Å². The monoisotopic (exact) mass is 282 g/mol. The molecule has 20 heavy (non-hydrogen) atoms. The third-order valence-corrected chi connectivity index (χ3v) is 3.83. The molecule has 0 saturated carbocycles. The molecule has 0 aliphatic carbocycles. The molecule has 1 saturated heterocycles. The summed E-state index contributed by atoms with van der Waals surface area (Å²) in [5.74, 6) is 0.680. The average Bonchev–Trinajstić information content (AvgIpc) is 2.47. The highest BCUT2D eigenvalue weighted by atomic mass is 16.3. The number of aromatic nitrogens is 2. The van der Waals surface area contributed by atoms with Crippen molar-refractivity contribution in [3.63, 3.8) is 0 Å². The van der Waals surface area contributed by atoms with Gasteiger partial charge in [0, 0.05) is 59.5 Å². The molecule has 7 nitrogen and oxygen atoms in total. The summed E-state index contributed by atoms with van der Waals surface area (Å²) in [5, 5.41) is 8.84. The number of piperazine rings is 1. The van der Waals surface area contributed by atoms with E-state index in [2.05, 4.69) is 9.80 Å². The van der Waals surface area contributed by atoms with E-state index < -0.39 is 0 Å². The minimum Gasteiger partial charge on any atom is -0.396 e. The molecular formula is C13H22N4O3. The summed E-state index contributed by atoms with van der Waals surface area (Å²) in [4.78, 5) is 28.0. The summed E-state index contributed by atoms with van der Waals surface area (Å²) in [6.45, 7) is 4.42. The first-order valence-corrected chi connectivity index (χ1v) is 6.90. The summed E-state index contributed by atoms with van der Waals surface area (Å²) in [6, 6.07) is 1.52. The van der Waals surface area contributed by atoms with Gasteiger partial charge in [-0.15, -0.1) is 0 Å². The van der Waals surface area contributed by atoms with Gasteiger partial charge in [0.05, 0.1) is 0 Å². The third-order valence-electron chi connectivity index (χ3n) is 3.83. The SMILES string of the molecule is Cn1c(N2CCN(CCCO)CC2)cc(=O)n(C)c1=O. The molecule has 1 aromatic heterocycles. The number of aliphatic hydroxyl groups excluding tert-OH is 1. The summed E-state index contributed by atoms with van der Waals surface area (Å²) in [7, 11) is 3.18. The lowest BCUT2D eigenvalue weighted by molar-refractivity contribution is 0.215. The van der Waals surface area contributed by atoms with Gasteiger partial charge < -0.3 is 10.0 Å². The Morgan fingerprint density at radius 2 is 1.75 bits per heavy atom. The van der Waals surface area contributed by atoms with Crippen molar-refractivity contribution in [3.8, 4) is 0 Å². The Morgan fingerprint density at radius 3 is 2.35 bits per heavy atom. The van der Waals surface area contributed by atoms with Crippen molar-refractivity contribution < 1.29 is 5.11 Å². The normalized spacial score (nSPS) is 16.6. The van der Waals surface area contributed by atoms with Crippen molar-refractivity contribution in [2.24, 2.45) is 14.1 Å². The van der Waals surface area contributed by atoms with Crippen LogP contribution >= 0.6 is 0 Å². The molecule has 2 rings (SSSR count). The summed E-state index contributed by atoms with van der Waals surface area (Å²) in [5.41, 5.74) is -0.568. The molecule has 0 bridgehead atoms. The van der Waals surface area contributed by atoms with Crippen LogP contribution in [0.25, 0.3) is 0 Å². The van der Waals surface area contributed by atoms with Crippen LogP contribution in [0.2, 0.25) is 0 Å². The predicted molar refractivity (Wildman–Crippen MR) is 77.3 cm³/mol. The van der Waals surface area contributed by atoms with Gasteiger partial charge in [-0.05, 0) is 6.42 Å². The zero-order chi connectivity index (χ0) is 14.7. The number of nitrogens with zero attached hydrogens (tertiary/aromatic N) is 4. The van der Waals surface area contributed by atoms with Gasteiger partial charge in [-0.2, -0.15) is 0 Å². The molecule has 7 heteroatoms. The van der Waals surface area contributed by atoms with Crippen LogP contribution in [-0.2, 0) is 14.1 Å². The third kappa shape index (κ3) is 2.94. The fourth-order valence-corrected chi connectivity index (χ4v) is 2.52. The first kappa shape index (κ1) is 14.8. The van der Waals surface area contributed by atoms with Gasteiger partial charge in [0.15, 0.2) is 0 Å². The van der Waals surface area contributed by atoms with E-state index in [0.717, 1.165) is 43.7 Å². The van der Waals surface area contributed by atoms with E-state index in [0.29, 0.717) is 5.82 Å². The minimum absolute atomic E-state index is 0.212. The van der Waals surface area contributed by atoms with Crippen molar-refractivity contribution in [3.05, 3.63) is 26.9 Å². The van der Waals surface area contributed by atoms with E-state index in [9.17, 15) is 9.59 Å². The van der Waals surface area contributed by atoms with Crippen molar-refractivity contribution in [2.75, 3.05) is 44.2 Å². The summed E-state index contributed by atoms with van der Waals surface area (Å²) >= 11 is 0. The van der Waals surface area contributed by atoms with Crippen LogP contribution in [-0.4, -0.2) is 58.5 Å². The van der Waals surface area contributed by atoms with E-state index in [1.54, 1.807) is 7.05 Å². The fourth-order valence-electron chi connectivity index (χ4n) is 2.52. The Morgan fingerprint density at radius 1 is 1.10 bits per heavy atom. The molecule has 1 aromatic rings. The Labute approximate surface area is 117 Å². The van der Waals surface area contributed by atoms with Crippen molar-refractivity contribution >= 4 is 5.82 Å². The van der Waals surface area contributed by atoms with Crippen LogP contribution in [0.4, 0.5) is 5.82 Å². The molecule has 0 amide bonds. The molecular weight excluding hydrogens is 260 g/mol. The molecule has 1 aliphatic rings. The number of anilines is 1. The van der Waals surface area contributed by atoms with Crippen LogP contribution in [0.1, 0.15) is 6.42 Å². The Hall–Kier alpha value is -1.60. The van der Waals surface area contributed by atoms with Crippen LogP contribution in [0.3, 0.4) is 0 Å². The maximum absolute atomic E-state index is 11.9. The number of hydrogen-bond donors (Lipinski definition) is 1. The smallest absolute Gasteiger partial charge is 0.332 e. The second-order valence-corrected chi connectivity index (χ2v) is 5.15. The Bertz CT molecular complexity index is 570. The number of aliphatic hydroxyl groups is 1. The molecule has 0 atom stereocenters. The zero-order valence-corrected chi connectivity index (χ0v) is 12.1. The van der Waals surface area contributed by atoms with Crippen LogP contribution in [0.5, 0.6) is 0 Å². The van der Waals surface area contributed by atoms with Crippen LogP contribution in [0.15, 0.2) is 15.7 Å². The fraction of sp³-hybridized carbons (Fsp3) is 0.692. The first-order chi connectivity index (χ1) is 9.54. The predicted octanol–water partition coefficient (Wildman–Crippen LogP) is -1.41. The van der Waals surface area contributed by atoms with E-state index in [1.165, 1.54) is 17.7 Å². The molecule has 1 N–H and O–H groups in total. The Balaban J connectivity index is 2.12. The van der Waals surface area contributed by atoms with E-state index in [1.807, 2.05) is 0 Å². The molecule has 0 radical (unpaired) electrons. The summed E-state index contributed by atoms with van der Waals surface area (Å²) < 4.78 is 2.63. The highest BCUT2D eigenvalue weighted by molar-refractivity contribution is 5.38.